The first-order valence-electron chi connectivity index (χ1n) is 10.1. The predicted molar refractivity (Wildman–Crippen MR) is 124 cm³/mol. The van der Waals surface area contributed by atoms with Gasteiger partial charge in [-0.2, -0.15) is 18.3 Å². The van der Waals surface area contributed by atoms with Crippen LogP contribution >= 0.6 is 0 Å². The van der Waals surface area contributed by atoms with E-state index in [-0.39, 0.29) is 10.5 Å². The lowest BCUT2D eigenvalue weighted by atomic mass is 10.1. The van der Waals surface area contributed by atoms with Crippen LogP contribution in [0.1, 0.15) is 22.3 Å². The minimum atomic E-state index is -4.59. The summed E-state index contributed by atoms with van der Waals surface area (Å²) in [6.45, 7) is 2.95. The van der Waals surface area contributed by atoms with E-state index in [9.17, 15) is 26.4 Å². The van der Waals surface area contributed by atoms with Gasteiger partial charge in [0.2, 0.25) is 0 Å². The van der Waals surface area contributed by atoms with Crippen molar-refractivity contribution in [1.29, 1.82) is 0 Å². The first-order valence-corrected chi connectivity index (χ1v) is 11.6. The van der Waals surface area contributed by atoms with Gasteiger partial charge < -0.3 is 0 Å². The summed E-state index contributed by atoms with van der Waals surface area (Å²) in [5.74, 6) is -0.819. The number of carbonyl (C=O) groups is 1. The lowest BCUT2D eigenvalue weighted by Crippen LogP contribution is -2.40. The molecule has 0 spiro atoms. The zero-order chi connectivity index (χ0) is 24.9. The highest BCUT2D eigenvalue weighted by Gasteiger charge is 2.32. The van der Waals surface area contributed by atoms with Gasteiger partial charge >= 0.3 is 6.18 Å². The number of aryl methyl sites for hydroxylation is 2. The summed E-state index contributed by atoms with van der Waals surface area (Å²) in [5, 5.41) is 3.61. The Labute approximate surface area is 195 Å². The highest BCUT2D eigenvalue weighted by atomic mass is 32.2. The van der Waals surface area contributed by atoms with Crippen LogP contribution in [0.5, 0.6) is 0 Å². The zero-order valence-electron chi connectivity index (χ0n) is 18.4. The SMILES string of the molecule is Cc1ccc(N(CC(=O)N/N=C\c2ccccc2C(F)(F)F)S(=O)(=O)c2ccccc2)c(C)c1. The second-order valence-corrected chi connectivity index (χ2v) is 9.36. The Morgan fingerprint density at radius 2 is 1.65 bits per heavy atom. The number of benzene rings is 3. The van der Waals surface area contributed by atoms with E-state index in [1.165, 1.54) is 30.3 Å². The van der Waals surface area contributed by atoms with Crippen LogP contribution in [-0.4, -0.2) is 27.1 Å². The van der Waals surface area contributed by atoms with Crippen LogP contribution in [0.4, 0.5) is 18.9 Å². The van der Waals surface area contributed by atoms with Gasteiger partial charge in [0.1, 0.15) is 6.54 Å². The molecule has 0 unspecified atom stereocenters. The molecule has 10 heteroatoms. The van der Waals surface area contributed by atoms with E-state index in [2.05, 4.69) is 10.5 Å². The molecule has 3 aromatic rings. The summed E-state index contributed by atoms with van der Waals surface area (Å²) in [6.07, 6.45) is -3.72. The number of amides is 1. The molecule has 0 heterocycles. The van der Waals surface area contributed by atoms with Crippen molar-refractivity contribution in [2.24, 2.45) is 5.10 Å². The molecule has 1 N–H and O–H groups in total. The van der Waals surface area contributed by atoms with Crippen molar-refractivity contribution in [1.82, 2.24) is 5.43 Å². The van der Waals surface area contributed by atoms with E-state index in [0.717, 1.165) is 22.1 Å². The number of nitrogens with zero attached hydrogens (tertiary/aromatic N) is 2. The Hall–Kier alpha value is -3.66. The van der Waals surface area contributed by atoms with Crippen LogP contribution in [0.15, 0.2) is 82.8 Å². The maximum absolute atomic E-state index is 13.3. The molecule has 6 nitrogen and oxygen atoms in total. The number of sulfonamides is 1. The van der Waals surface area contributed by atoms with E-state index in [0.29, 0.717) is 11.3 Å². The number of hydrogen-bond donors (Lipinski definition) is 1. The molecule has 0 aliphatic heterocycles. The molecular formula is C24H22F3N3O3S. The first-order chi connectivity index (χ1) is 16.0. The molecule has 3 rings (SSSR count). The van der Waals surface area contributed by atoms with Gasteiger partial charge in [-0.25, -0.2) is 13.8 Å². The number of halogens is 3. The molecule has 1 amide bonds. The summed E-state index contributed by atoms with van der Waals surface area (Å²) in [4.78, 5) is 12.6. The number of anilines is 1. The molecule has 0 atom stereocenters. The van der Waals surface area contributed by atoms with Crippen molar-refractivity contribution in [3.63, 3.8) is 0 Å². The molecule has 0 aliphatic carbocycles. The molecule has 0 aliphatic rings. The summed E-state index contributed by atoms with van der Waals surface area (Å²) >= 11 is 0. The molecule has 178 valence electrons. The van der Waals surface area contributed by atoms with Crippen LogP contribution in [-0.2, 0) is 21.0 Å². The van der Waals surface area contributed by atoms with Gasteiger partial charge in [-0.1, -0.05) is 54.1 Å². The minimum absolute atomic E-state index is 0.00891. The Morgan fingerprint density at radius 1 is 1.00 bits per heavy atom. The van der Waals surface area contributed by atoms with E-state index in [4.69, 9.17) is 0 Å². The minimum Gasteiger partial charge on any atom is -0.271 e. The van der Waals surface area contributed by atoms with Crippen LogP contribution < -0.4 is 9.73 Å². The normalized spacial score (nSPS) is 12.0. The lowest BCUT2D eigenvalue weighted by molar-refractivity contribution is -0.137. The van der Waals surface area contributed by atoms with Crippen LogP contribution in [0.3, 0.4) is 0 Å². The van der Waals surface area contributed by atoms with Crippen molar-refractivity contribution in [2.45, 2.75) is 24.9 Å². The predicted octanol–water partition coefficient (Wildman–Crippen LogP) is 4.67. The molecular weight excluding hydrogens is 467 g/mol. The largest absolute Gasteiger partial charge is 0.417 e. The highest BCUT2D eigenvalue weighted by molar-refractivity contribution is 7.92. The van der Waals surface area contributed by atoms with Crippen molar-refractivity contribution in [2.75, 3.05) is 10.8 Å². The second kappa shape index (κ2) is 10.1. The van der Waals surface area contributed by atoms with Gasteiger partial charge in [0.25, 0.3) is 15.9 Å². The summed E-state index contributed by atoms with van der Waals surface area (Å²) in [7, 11) is -4.12. The number of nitrogens with one attached hydrogen (secondary N) is 1. The average molecular weight is 490 g/mol. The van der Waals surface area contributed by atoms with Crippen LogP contribution in [0.2, 0.25) is 0 Å². The van der Waals surface area contributed by atoms with Crippen LogP contribution in [0, 0.1) is 13.8 Å². The first kappa shape index (κ1) is 25.0. The molecule has 0 fully saturated rings. The maximum Gasteiger partial charge on any atom is 0.417 e. The third kappa shape index (κ3) is 5.82. The van der Waals surface area contributed by atoms with E-state index < -0.39 is 34.2 Å². The Kier molecular flexibility index (Phi) is 7.41. The fourth-order valence-electron chi connectivity index (χ4n) is 3.31. The highest BCUT2D eigenvalue weighted by Crippen LogP contribution is 2.31. The standard InChI is InChI=1S/C24H22F3N3O3S/c1-17-12-13-22(18(2)14-17)30(34(32,33)20-9-4-3-5-10-20)16-23(31)29-28-15-19-8-6-7-11-21(19)24(25,26)27/h3-15H,16H2,1-2H3,(H,29,31)/b28-15-. The second-order valence-electron chi connectivity index (χ2n) is 7.49. The fraction of sp³-hybridized carbons (Fsp3) is 0.167. The Morgan fingerprint density at radius 3 is 2.29 bits per heavy atom. The monoisotopic (exact) mass is 489 g/mol. The molecule has 0 radical (unpaired) electrons. The Bertz CT molecular complexity index is 1310. The number of alkyl halides is 3. The fourth-order valence-corrected chi connectivity index (χ4v) is 4.82. The molecule has 3 aromatic carbocycles. The zero-order valence-corrected chi connectivity index (χ0v) is 19.2. The molecule has 0 bridgehead atoms. The number of hydrazone groups is 1. The van der Waals surface area contributed by atoms with Crippen molar-refractivity contribution < 1.29 is 26.4 Å². The van der Waals surface area contributed by atoms with Crippen LogP contribution in [0.25, 0.3) is 0 Å². The molecule has 0 aromatic heterocycles. The van der Waals surface area contributed by atoms with Gasteiger partial charge in [0.15, 0.2) is 0 Å². The molecule has 0 saturated carbocycles. The van der Waals surface area contributed by atoms with Gasteiger partial charge in [-0.3, -0.25) is 9.10 Å². The Balaban J connectivity index is 1.88. The molecule has 34 heavy (non-hydrogen) atoms. The van der Waals surface area contributed by atoms with E-state index >= 15 is 0 Å². The summed E-state index contributed by atoms with van der Waals surface area (Å²) in [6, 6.07) is 17.5. The average Bonchev–Trinajstić information content (AvgIpc) is 2.78. The number of carbonyl (C=O) groups excluding carboxylic acids is 1. The maximum atomic E-state index is 13.3. The van der Waals surface area contributed by atoms with Crippen molar-refractivity contribution in [3.05, 3.63) is 95.1 Å². The number of rotatable bonds is 7. The van der Waals surface area contributed by atoms with Gasteiger partial charge in [-0.15, -0.1) is 0 Å². The van der Waals surface area contributed by atoms with E-state index in [1.54, 1.807) is 43.3 Å². The topological polar surface area (TPSA) is 78.8 Å². The van der Waals surface area contributed by atoms with Crippen molar-refractivity contribution in [3.8, 4) is 0 Å². The molecule has 0 saturated heterocycles. The summed E-state index contributed by atoms with van der Waals surface area (Å²) in [5.41, 5.74) is 2.83. The summed E-state index contributed by atoms with van der Waals surface area (Å²) < 4.78 is 67.0. The van der Waals surface area contributed by atoms with Gasteiger partial charge in [-0.05, 0) is 43.7 Å². The number of hydrogen-bond acceptors (Lipinski definition) is 4. The van der Waals surface area contributed by atoms with E-state index in [1.807, 2.05) is 6.92 Å². The third-order valence-electron chi connectivity index (χ3n) is 4.90. The van der Waals surface area contributed by atoms with Crippen molar-refractivity contribution >= 4 is 27.8 Å². The third-order valence-corrected chi connectivity index (χ3v) is 6.67. The quantitative estimate of drug-likeness (QED) is 0.387. The van der Waals surface area contributed by atoms with Gasteiger partial charge in [0, 0.05) is 5.56 Å². The smallest absolute Gasteiger partial charge is 0.271 e. The lowest BCUT2D eigenvalue weighted by Gasteiger charge is -2.25. The van der Waals surface area contributed by atoms with Gasteiger partial charge in [0.05, 0.1) is 22.4 Å².